The van der Waals surface area contributed by atoms with Gasteiger partial charge in [0.05, 0.1) is 40.3 Å². The summed E-state index contributed by atoms with van der Waals surface area (Å²) < 4.78 is 16.9. The molecule has 0 aromatic heterocycles. The van der Waals surface area contributed by atoms with Crippen LogP contribution in [0.25, 0.3) is 0 Å². The first-order valence-electron chi connectivity index (χ1n) is 18.3. The van der Waals surface area contributed by atoms with E-state index in [1.165, 1.54) is 32.1 Å². The van der Waals surface area contributed by atoms with Crippen molar-refractivity contribution in [1.29, 1.82) is 0 Å². The number of likely N-dealkylation sites (N-methyl/N-ethyl adjacent to an activating group) is 1. The summed E-state index contributed by atoms with van der Waals surface area (Å²) in [5.74, 6) is -1.86. The Morgan fingerprint density at radius 1 is 0.646 bits per heavy atom. The van der Waals surface area contributed by atoms with Crippen molar-refractivity contribution in [1.82, 2.24) is 0 Å². The van der Waals surface area contributed by atoms with Crippen molar-refractivity contribution in [2.24, 2.45) is 0 Å². The number of allylic oxidation sites excluding steroid dienone is 10. The van der Waals surface area contributed by atoms with Crippen molar-refractivity contribution in [2.45, 2.75) is 135 Å². The second-order valence-electron chi connectivity index (χ2n) is 13.1. The van der Waals surface area contributed by atoms with Gasteiger partial charge in [0, 0.05) is 19.3 Å². The molecule has 0 saturated heterocycles. The highest BCUT2D eigenvalue weighted by Gasteiger charge is 2.25. The fourth-order valence-electron chi connectivity index (χ4n) is 4.82. The number of nitrogens with zero attached hydrogens (tertiary/aromatic N) is 1. The van der Waals surface area contributed by atoms with E-state index in [1.54, 1.807) is 21.1 Å². The van der Waals surface area contributed by atoms with Crippen LogP contribution in [0.3, 0.4) is 0 Å². The Labute approximate surface area is 292 Å². The molecule has 0 spiro atoms. The number of quaternary nitrogens is 1. The van der Waals surface area contributed by atoms with Crippen molar-refractivity contribution in [2.75, 3.05) is 41.0 Å². The molecule has 0 amide bonds. The van der Waals surface area contributed by atoms with E-state index in [-0.39, 0.29) is 49.1 Å². The van der Waals surface area contributed by atoms with Crippen LogP contribution < -0.4 is 5.11 Å². The molecule has 0 bridgehead atoms. The maximum absolute atomic E-state index is 12.5. The lowest BCUT2D eigenvalue weighted by molar-refractivity contribution is -0.889. The molecule has 0 rings (SSSR count). The number of carboxylic acids is 1. The summed E-state index contributed by atoms with van der Waals surface area (Å²) in [5.41, 5.74) is 0. The molecule has 0 fully saturated rings. The zero-order chi connectivity index (χ0) is 35.7. The van der Waals surface area contributed by atoms with Crippen LogP contribution in [0.1, 0.15) is 123 Å². The maximum Gasteiger partial charge on any atom is 0.306 e. The van der Waals surface area contributed by atoms with Crippen LogP contribution in [0.2, 0.25) is 0 Å². The van der Waals surface area contributed by atoms with Crippen LogP contribution in [0, 0.1) is 0 Å². The Hall–Kier alpha value is -2.97. The number of aliphatic carboxylic acids is 1. The van der Waals surface area contributed by atoms with Crippen LogP contribution >= 0.6 is 0 Å². The number of ether oxygens (including phenoxy) is 3. The normalized spacial score (nSPS) is 13.8. The molecule has 0 radical (unpaired) electrons. The Morgan fingerprint density at radius 3 is 1.69 bits per heavy atom. The molecule has 48 heavy (non-hydrogen) atoms. The molecule has 0 aromatic rings. The third-order valence-corrected chi connectivity index (χ3v) is 7.68. The maximum atomic E-state index is 12.5. The average molecular weight is 674 g/mol. The Balaban J connectivity index is 4.53. The molecule has 0 saturated carbocycles. The molecular formula is C40H67NO7. The minimum atomic E-state index is -1.14. The van der Waals surface area contributed by atoms with Gasteiger partial charge in [-0.3, -0.25) is 9.59 Å². The number of rotatable bonds is 31. The monoisotopic (exact) mass is 673 g/mol. The Morgan fingerprint density at radius 2 is 1.17 bits per heavy atom. The molecule has 0 aliphatic heterocycles. The second-order valence-corrected chi connectivity index (χ2v) is 13.1. The largest absolute Gasteiger partial charge is 0.544 e. The lowest BCUT2D eigenvalue weighted by Gasteiger charge is -2.34. The highest BCUT2D eigenvalue weighted by atomic mass is 16.6. The summed E-state index contributed by atoms with van der Waals surface area (Å²) in [4.78, 5) is 36.5. The van der Waals surface area contributed by atoms with Gasteiger partial charge in [-0.05, 0) is 44.9 Å². The number of carbonyl (C=O) groups excluding carboxylic acids is 3. The predicted molar refractivity (Wildman–Crippen MR) is 194 cm³/mol. The Bertz CT molecular complexity index is 975. The van der Waals surface area contributed by atoms with Gasteiger partial charge in [-0.15, -0.1) is 0 Å². The smallest absolute Gasteiger partial charge is 0.306 e. The number of esters is 2. The SMILES string of the molecule is CC/C=C/C/C=C/C/C=C/C/C=C/C/C=C/CCC(=O)OCC(COCCC(C(=O)[O-])[N+](C)(C)C)OC(=O)CCCCCCCCCC. The zero-order valence-corrected chi connectivity index (χ0v) is 30.9. The van der Waals surface area contributed by atoms with Gasteiger partial charge < -0.3 is 28.6 Å². The van der Waals surface area contributed by atoms with Gasteiger partial charge in [-0.2, -0.15) is 0 Å². The number of hydrogen-bond donors (Lipinski definition) is 0. The van der Waals surface area contributed by atoms with Crippen LogP contribution in [0.5, 0.6) is 0 Å². The first-order chi connectivity index (χ1) is 23.1. The van der Waals surface area contributed by atoms with Gasteiger partial charge >= 0.3 is 11.9 Å². The number of hydrogen-bond acceptors (Lipinski definition) is 7. The summed E-state index contributed by atoms with van der Waals surface area (Å²) in [6, 6.07) is -0.734. The van der Waals surface area contributed by atoms with Gasteiger partial charge in [-0.1, -0.05) is 120 Å². The summed E-state index contributed by atoms with van der Waals surface area (Å²) in [6.45, 7) is 4.40. The van der Waals surface area contributed by atoms with Crippen molar-refractivity contribution >= 4 is 17.9 Å². The van der Waals surface area contributed by atoms with Crippen molar-refractivity contribution in [3.8, 4) is 0 Å². The molecule has 0 aromatic carbocycles. The zero-order valence-electron chi connectivity index (χ0n) is 30.9. The van der Waals surface area contributed by atoms with Gasteiger partial charge in [0.25, 0.3) is 0 Å². The summed E-state index contributed by atoms with van der Waals surface area (Å²) >= 11 is 0. The molecule has 2 unspecified atom stereocenters. The van der Waals surface area contributed by atoms with Crippen LogP contribution in [-0.4, -0.2) is 75.5 Å². The lowest BCUT2D eigenvalue weighted by Crippen LogP contribution is -2.55. The van der Waals surface area contributed by atoms with E-state index in [0.717, 1.165) is 51.4 Å². The summed E-state index contributed by atoms with van der Waals surface area (Å²) in [5, 5.41) is 11.5. The lowest BCUT2D eigenvalue weighted by atomic mass is 10.1. The molecule has 0 N–H and O–H groups in total. The molecule has 0 heterocycles. The third-order valence-electron chi connectivity index (χ3n) is 7.68. The summed E-state index contributed by atoms with van der Waals surface area (Å²) in [7, 11) is 5.36. The van der Waals surface area contributed by atoms with Crippen LogP contribution in [-0.2, 0) is 28.6 Å². The fraction of sp³-hybridized carbons (Fsp3) is 0.675. The first-order valence-corrected chi connectivity index (χ1v) is 18.3. The number of unbranched alkanes of at least 4 members (excludes halogenated alkanes) is 7. The predicted octanol–water partition coefficient (Wildman–Crippen LogP) is 7.74. The molecule has 0 aliphatic carbocycles. The van der Waals surface area contributed by atoms with E-state index in [4.69, 9.17) is 14.2 Å². The Kier molecular flexibility index (Phi) is 29.4. The van der Waals surface area contributed by atoms with Crippen molar-refractivity contribution in [3.63, 3.8) is 0 Å². The van der Waals surface area contributed by atoms with E-state index >= 15 is 0 Å². The minimum Gasteiger partial charge on any atom is -0.544 e. The molecular weight excluding hydrogens is 606 g/mol. The van der Waals surface area contributed by atoms with Crippen LogP contribution in [0.15, 0.2) is 60.8 Å². The standard InChI is InChI=1S/C40H67NO7/c1-6-8-10-12-14-16-17-18-19-20-21-22-23-25-26-28-30-38(42)47-35-36(34-46-33-32-37(40(44)45)41(3,4)5)48-39(43)31-29-27-24-15-13-11-9-7-2/h8,10,14,16,18-19,21-22,25-26,36-37H,6-7,9,11-13,15,17,20,23-24,27-35H2,1-5H3/b10-8+,16-14+,19-18+,22-21+,26-25+. The summed E-state index contributed by atoms with van der Waals surface area (Å²) in [6.07, 6.45) is 35.6. The van der Waals surface area contributed by atoms with E-state index < -0.39 is 18.1 Å². The van der Waals surface area contributed by atoms with Crippen molar-refractivity contribution < 1.29 is 38.2 Å². The number of carboxylic acid groups (broad SMARTS) is 1. The number of carbonyl (C=O) groups is 3. The van der Waals surface area contributed by atoms with E-state index in [0.29, 0.717) is 12.8 Å². The topological polar surface area (TPSA) is 102 Å². The molecule has 8 nitrogen and oxygen atoms in total. The minimum absolute atomic E-state index is 0.0160. The van der Waals surface area contributed by atoms with E-state index in [9.17, 15) is 19.5 Å². The third kappa shape index (κ3) is 29.2. The molecule has 2 atom stereocenters. The quantitative estimate of drug-likeness (QED) is 0.0321. The van der Waals surface area contributed by atoms with Gasteiger partial charge in [0.1, 0.15) is 12.6 Å². The fourth-order valence-corrected chi connectivity index (χ4v) is 4.82. The first kappa shape index (κ1) is 45.0. The van der Waals surface area contributed by atoms with Gasteiger partial charge in [-0.25, -0.2) is 0 Å². The van der Waals surface area contributed by atoms with Gasteiger partial charge in [0.2, 0.25) is 0 Å². The van der Waals surface area contributed by atoms with Crippen molar-refractivity contribution in [3.05, 3.63) is 60.8 Å². The van der Waals surface area contributed by atoms with Crippen LogP contribution in [0.4, 0.5) is 0 Å². The van der Waals surface area contributed by atoms with Gasteiger partial charge in [0.15, 0.2) is 6.10 Å². The molecule has 8 heteroatoms. The highest BCUT2D eigenvalue weighted by Crippen LogP contribution is 2.12. The van der Waals surface area contributed by atoms with E-state index in [2.05, 4.69) is 62.5 Å². The second kappa shape index (κ2) is 31.3. The molecule has 0 aliphatic rings. The van der Waals surface area contributed by atoms with E-state index in [1.807, 2.05) is 12.2 Å². The average Bonchev–Trinajstić information content (AvgIpc) is 3.03. The highest BCUT2D eigenvalue weighted by molar-refractivity contribution is 5.70. The molecule has 274 valence electrons.